The summed E-state index contributed by atoms with van der Waals surface area (Å²) in [4.78, 5) is 24.5. The van der Waals surface area contributed by atoms with Crippen LogP contribution in [0.5, 0.6) is 0 Å². The van der Waals surface area contributed by atoms with Crippen LogP contribution in [0, 0.1) is 11.7 Å². The molecule has 1 saturated heterocycles. The minimum absolute atomic E-state index is 0.00954. The molecule has 0 spiro atoms. The molecule has 0 aliphatic carbocycles. The lowest BCUT2D eigenvalue weighted by Gasteiger charge is -2.32. The van der Waals surface area contributed by atoms with Gasteiger partial charge in [0.15, 0.2) is 0 Å². The van der Waals surface area contributed by atoms with Gasteiger partial charge in [0, 0.05) is 24.8 Å². The van der Waals surface area contributed by atoms with Crippen LogP contribution in [0.1, 0.15) is 31.4 Å². The summed E-state index contributed by atoms with van der Waals surface area (Å²) < 4.78 is 18.9. The maximum Gasteiger partial charge on any atom is 0.234 e. The van der Waals surface area contributed by atoms with E-state index in [0.29, 0.717) is 12.2 Å². The van der Waals surface area contributed by atoms with Crippen molar-refractivity contribution in [3.8, 4) is 0 Å². The summed E-state index contributed by atoms with van der Waals surface area (Å²) in [5, 5.41) is 5.36. The molecule has 0 bridgehead atoms. The van der Waals surface area contributed by atoms with Gasteiger partial charge in [-0.1, -0.05) is 30.3 Å². The zero-order chi connectivity index (χ0) is 21.3. The first-order valence-electron chi connectivity index (χ1n) is 10.1. The van der Waals surface area contributed by atoms with E-state index in [4.69, 9.17) is 4.74 Å². The molecule has 2 aromatic carbocycles. The summed E-state index contributed by atoms with van der Waals surface area (Å²) in [6, 6.07) is 15.7. The number of anilines is 1. The summed E-state index contributed by atoms with van der Waals surface area (Å²) in [5.41, 5.74) is 1.67. The molecular weight excluding hydrogens is 403 g/mol. The molecule has 1 heterocycles. The average molecular weight is 431 g/mol. The van der Waals surface area contributed by atoms with Crippen LogP contribution < -0.4 is 10.6 Å². The van der Waals surface area contributed by atoms with Crippen molar-refractivity contribution >= 4 is 29.3 Å². The zero-order valence-corrected chi connectivity index (χ0v) is 17.8. The number of amides is 2. The van der Waals surface area contributed by atoms with Crippen LogP contribution in [0.15, 0.2) is 54.6 Å². The minimum atomic E-state index is -0.358. The predicted molar refractivity (Wildman–Crippen MR) is 118 cm³/mol. The van der Waals surface area contributed by atoms with Crippen LogP contribution in [0.2, 0.25) is 0 Å². The Morgan fingerprint density at radius 1 is 1.17 bits per heavy atom. The Balaban J connectivity index is 1.43. The third kappa shape index (κ3) is 6.57. The van der Waals surface area contributed by atoms with Crippen molar-refractivity contribution in [3.63, 3.8) is 0 Å². The maximum atomic E-state index is 12.9. The fraction of sp³-hybridized carbons (Fsp3) is 0.391. The van der Waals surface area contributed by atoms with Gasteiger partial charge >= 0.3 is 0 Å². The largest absolute Gasteiger partial charge is 0.373 e. The van der Waals surface area contributed by atoms with Gasteiger partial charge < -0.3 is 15.4 Å². The smallest absolute Gasteiger partial charge is 0.234 e. The molecule has 3 atom stereocenters. The third-order valence-corrected chi connectivity index (χ3v) is 6.22. The van der Waals surface area contributed by atoms with Crippen molar-refractivity contribution in [1.29, 1.82) is 0 Å². The lowest BCUT2D eigenvalue weighted by molar-refractivity contribution is -0.121. The molecule has 7 heteroatoms. The van der Waals surface area contributed by atoms with Crippen molar-refractivity contribution in [3.05, 3.63) is 66.0 Å². The summed E-state index contributed by atoms with van der Waals surface area (Å²) in [5.74, 6) is -0.303. The van der Waals surface area contributed by atoms with Gasteiger partial charge in [-0.15, -0.1) is 11.8 Å². The van der Waals surface area contributed by atoms with E-state index in [-0.39, 0.29) is 40.7 Å². The first-order chi connectivity index (χ1) is 14.5. The van der Waals surface area contributed by atoms with Crippen LogP contribution in [-0.2, 0) is 14.3 Å². The van der Waals surface area contributed by atoms with E-state index in [9.17, 15) is 14.0 Å². The maximum absolute atomic E-state index is 12.9. The van der Waals surface area contributed by atoms with E-state index in [1.807, 2.05) is 18.2 Å². The van der Waals surface area contributed by atoms with Crippen molar-refractivity contribution in [2.45, 2.75) is 31.1 Å². The van der Waals surface area contributed by atoms with Gasteiger partial charge in [-0.05, 0) is 49.6 Å². The number of rotatable bonds is 8. The van der Waals surface area contributed by atoms with Crippen LogP contribution in [0.4, 0.5) is 10.1 Å². The third-order valence-electron chi connectivity index (χ3n) is 5.07. The molecule has 30 heavy (non-hydrogen) atoms. The second kappa shape index (κ2) is 11.1. The van der Waals surface area contributed by atoms with E-state index in [1.165, 1.54) is 36.0 Å². The molecule has 2 aromatic rings. The Bertz CT molecular complexity index is 832. The highest BCUT2D eigenvalue weighted by molar-refractivity contribution is 8.01. The predicted octanol–water partition coefficient (Wildman–Crippen LogP) is 4.17. The standard InChI is InChI=1S/C23H27FN2O3S/c1-16(30-15-21(27)26-20-11-9-19(24)10-12-20)23(28)25-14-18-8-5-13-29-22(18)17-6-3-2-4-7-17/h2-4,6-7,9-12,16,18,22H,5,8,13-15H2,1H3,(H,25,28)(H,26,27). The SMILES string of the molecule is CC(SCC(=O)Nc1ccc(F)cc1)C(=O)NCC1CCCOC1c1ccccc1. The molecule has 0 radical (unpaired) electrons. The van der Waals surface area contributed by atoms with Crippen LogP contribution in [-0.4, -0.2) is 36.0 Å². The highest BCUT2D eigenvalue weighted by Gasteiger charge is 2.28. The van der Waals surface area contributed by atoms with Crippen LogP contribution in [0.3, 0.4) is 0 Å². The number of thioether (sulfide) groups is 1. The number of hydrogen-bond donors (Lipinski definition) is 2. The summed E-state index contributed by atoms with van der Waals surface area (Å²) in [6.07, 6.45) is 1.98. The Kier molecular flexibility index (Phi) is 8.28. The van der Waals surface area contributed by atoms with Gasteiger partial charge in [-0.3, -0.25) is 9.59 Å². The number of nitrogens with one attached hydrogen (secondary N) is 2. The fourth-order valence-electron chi connectivity index (χ4n) is 3.45. The quantitative estimate of drug-likeness (QED) is 0.660. The zero-order valence-electron chi connectivity index (χ0n) is 17.0. The number of ether oxygens (including phenoxy) is 1. The van der Waals surface area contributed by atoms with Gasteiger partial charge in [0.25, 0.3) is 0 Å². The van der Waals surface area contributed by atoms with Crippen molar-refractivity contribution < 1.29 is 18.7 Å². The Morgan fingerprint density at radius 3 is 2.63 bits per heavy atom. The number of hydrogen-bond acceptors (Lipinski definition) is 4. The number of carbonyl (C=O) groups is 2. The first-order valence-corrected chi connectivity index (χ1v) is 11.2. The topological polar surface area (TPSA) is 67.4 Å². The molecule has 2 N–H and O–H groups in total. The van der Waals surface area contributed by atoms with Gasteiger partial charge in [0.1, 0.15) is 5.82 Å². The molecule has 1 aliphatic rings. The highest BCUT2D eigenvalue weighted by atomic mass is 32.2. The average Bonchev–Trinajstić information content (AvgIpc) is 2.78. The molecule has 3 unspecified atom stereocenters. The van der Waals surface area contributed by atoms with Crippen molar-refractivity contribution in [2.24, 2.45) is 5.92 Å². The fourth-order valence-corrected chi connectivity index (χ4v) is 4.15. The Labute approximate surface area is 180 Å². The Hall–Kier alpha value is -2.38. The van der Waals surface area contributed by atoms with Gasteiger partial charge in [-0.2, -0.15) is 0 Å². The van der Waals surface area contributed by atoms with Gasteiger partial charge in [0.05, 0.1) is 17.1 Å². The minimum Gasteiger partial charge on any atom is -0.373 e. The first kappa shape index (κ1) is 22.3. The lowest BCUT2D eigenvalue weighted by Crippen LogP contribution is -2.38. The number of benzene rings is 2. The van der Waals surface area contributed by atoms with Crippen molar-refractivity contribution in [1.82, 2.24) is 5.32 Å². The van der Waals surface area contributed by atoms with Gasteiger partial charge in [-0.25, -0.2) is 4.39 Å². The molecule has 2 amide bonds. The lowest BCUT2D eigenvalue weighted by atomic mass is 9.89. The van der Waals surface area contributed by atoms with E-state index in [2.05, 4.69) is 22.8 Å². The van der Waals surface area contributed by atoms with E-state index in [1.54, 1.807) is 6.92 Å². The molecule has 1 fully saturated rings. The molecule has 3 rings (SSSR count). The molecule has 1 aliphatic heterocycles. The number of carbonyl (C=O) groups excluding carboxylic acids is 2. The molecule has 5 nitrogen and oxygen atoms in total. The second-order valence-corrected chi connectivity index (χ2v) is 8.69. The summed E-state index contributed by atoms with van der Waals surface area (Å²) in [6.45, 7) is 3.07. The van der Waals surface area contributed by atoms with Crippen molar-refractivity contribution in [2.75, 3.05) is 24.2 Å². The monoisotopic (exact) mass is 430 g/mol. The highest BCUT2D eigenvalue weighted by Crippen LogP contribution is 2.33. The Morgan fingerprint density at radius 2 is 1.90 bits per heavy atom. The van der Waals surface area contributed by atoms with Crippen LogP contribution >= 0.6 is 11.8 Å². The van der Waals surface area contributed by atoms with Gasteiger partial charge in [0.2, 0.25) is 11.8 Å². The van der Waals surface area contributed by atoms with Crippen LogP contribution in [0.25, 0.3) is 0 Å². The summed E-state index contributed by atoms with van der Waals surface area (Å²) in [7, 11) is 0. The molecular formula is C23H27FN2O3S. The normalized spacial score (nSPS) is 19.7. The second-order valence-electron chi connectivity index (χ2n) is 7.36. The molecule has 160 valence electrons. The molecule has 0 saturated carbocycles. The number of halogens is 1. The van der Waals surface area contributed by atoms with E-state index < -0.39 is 0 Å². The van der Waals surface area contributed by atoms with E-state index in [0.717, 1.165) is 25.0 Å². The molecule has 0 aromatic heterocycles. The van der Waals surface area contributed by atoms with E-state index >= 15 is 0 Å². The summed E-state index contributed by atoms with van der Waals surface area (Å²) >= 11 is 1.27.